The van der Waals surface area contributed by atoms with Crippen LogP contribution in [0.3, 0.4) is 0 Å². The van der Waals surface area contributed by atoms with Gasteiger partial charge in [0.25, 0.3) is 17.4 Å². The van der Waals surface area contributed by atoms with Crippen LogP contribution in [0, 0.1) is 0 Å². The molecule has 0 saturated carbocycles. The molecule has 0 bridgehead atoms. The van der Waals surface area contributed by atoms with Crippen molar-refractivity contribution in [2.45, 2.75) is 19.5 Å². The van der Waals surface area contributed by atoms with Crippen LogP contribution in [0.1, 0.15) is 44.8 Å². The van der Waals surface area contributed by atoms with Gasteiger partial charge in [-0.25, -0.2) is 0 Å². The lowest BCUT2D eigenvalue weighted by molar-refractivity contribution is -0.135. The van der Waals surface area contributed by atoms with Crippen molar-refractivity contribution < 1.29 is 29.7 Å². The van der Waals surface area contributed by atoms with E-state index in [0.717, 1.165) is 5.56 Å². The van der Waals surface area contributed by atoms with Gasteiger partial charge in [-0.3, -0.25) is 23.7 Å². The first-order valence-electron chi connectivity index (χ1n) is 10.4. The Hall–Kier alpha value is -4.31. The van der Waals surface area contributed by atoms with E-state index >= 15 is 0 Å². The molecule has 3 aromatic rings. The fourth-order valence-electron chi connectivity index (χ4n) is 3.39. The van der Waals surface area contributed by atoms with Crippen LogP contribution >= 0.6 is 11.6 Å². The molecule has 5 N–H and O–H groups in total. The highest BCUT2D eigenvalue weighted by atomic mass is 35.5. The molecule has 182 valence electrons. The largest absolute Gasteiger partial charge is 0.506 e. The number of halogens is 1. The topological polar surface area (TPSA) is 158 Å². The fourth-order valence-corrected chi connectivity index (χ4v) is 3.59. The van der Waals surface area contributed by atoms with Crippen LogP contribution in [0.5, 0.6) is 11.6 Å². The first-order valence-corrected chi connectivity index (χ1v) is 10.8. The summed E-state index contributed by atoms with van der Waals surface area (Å²) >= 11 is 6.17. The van der Waals surface area contributed by atoms with Gasteiger partial charge in [0.1, 0.15) is 17.7 Å². The van der Waals surface area contributed by atoms with Crippen molar-refractivity contribution in [3.05, 3.63) is 92.2 Å². The van der Waals surface area contributed by atoms with Crippen LogP contribution < -0.4 is 16.2 Å². The molecule has 0 fully saturated rings. The van der Waals surface area contributed by atoms with Crippen molar-refractivity contribution in [3.8, 4) is 11.6 Å². The Morgan fingerprint density at radius 1 is 0.971 bits per heavy atom. The van der Waals surface area contributed by atoms with E-state index in [1.807, 2.05) is 5.32 Å². The van der Waals surface area contributed by atoms with E-state index in [1.54, 1.807) is 61.5 Å². The molecular weight excluding hydrogens is 478 g/mol. The van der Waals surface area contributed by atoms with Crippen molar-refractivity contribution in [1.29, 1.82) is 0 Å². The van der Waals surface area contributed by atoms with Gasteiger partial charge >= 0.3 is 5.97 Å². The third kappa shape index (κ3) is 5.61. The first-order chi connectivity index (χ1) is 16.6. The van der Waals surface area contributed by atoms with E-state index in [4.69, 9.17) is 16.7 Å². The van der Waals surface area contributed by atoms with Crippen LogP contribution in [0.2, 0.25) is 5.02 Å². The Morgan fingerprint density at radius 3 is 2.23 bits per heavy atom. The second-order valence-electron chi connectivity index (χ2n) is 7.59. The van der Waals surface area contributed by atoms with Crippen LogP contribution in [-0.2, 0) is 11.3 Å². The smallest absolute Gasteiger partial charge is 0.322 e. The summed E-state index contributed by atoms with van der Waals surface area (Å²) in [5.74, 6) is -5.60. The lowest BCUT2D eigenvalue weighted by Gasteiger charge is -2.19. The molecule has 35 heavy (non-hydrogen) atoms. The van der Waals surface area contributed by atoms with E-state index in [1.165, 1.54) is 0 Å². The quantitative estimate of drug-likeness (QED) is 0.318. The third-order valence-electron chi connectivity index (χ3n) is 5.20. The molecule has 0 aliphatic rings. The standard InChI is InChI=1S/C24H22ClN3O7/c1-13(14-7-3-2-4-8-14)27-22(33)19-20(31)18(21(32)26-11-17(29)30)23(34)28(24(19)35)12-15-9-5-6-10-16(15)25/h2-10,13,31,34H,11-12H2,1H3,(H,26,32)(H,27,33)(H,29,30)/t13-/m0/s1. The zero-order chi connectivity index (χ0) is 25.7. The molecule has 0 saturated heterocycles. The molecule has 2 aromatic carbocycles. The minimum Gasteiger partial charge on any atom is -0.506 e. The normalized spacial score (nSPS) is 11.5. The molecule has 2 amide bonds. The Bertz CT molecular complexity index is 1340. The van der Waals surface area contributed by atoms with Gasteiger partial charge in [0.2, 0.25) is 5.88 Å². The highest BCUT2D eigenvalue weighted by Crippen LogP contribution is 2.30. The molecule has 0 unspecified atom stereocenters. The molecule has 0 aliphatic heterocycles. The Balaban J connectivity index is 2.12. The number of carbonyl (C=O) groups is 3. The SMILES string of the molecule is C[C@H](NC(=O)c1c(O)c(C(=O)NCC(=O)O)c(O)n(Cc2ccccc2Cl)c1=O)c1ccccc1. The van der Waals surface area contributed by atoms with Gasteiger partial charge in [0, 0.05) is 5.02 Å². The van der Waals surface area contributed by atoms with E-state index in [2.05, 4.69) is 5.32 Å². The van der Waals surface area contributed by atoms with E-state index in [-0.39, 0.29) is 11.6 Å². The van der Waals surface area contributed by atoms with Crippen molar-refractivity contribution in [3.63, 3.8) is 0 Å². The number of rotatable bonds is 8. The van der Waals surface area contributed by atoms with Crippen molar-refractivity contribution in [1.82, 2.24) is 15.2 Å². The molecule has 1 atom stereocenters. The second-order valence-corrected chi connectivity index (χ2v) is 7.99. The average molecular weight is 500 g/mol. The molecule has 0 spiro atoms. The van der Waals surface area contributed by atoms with Gasteiger partial charge in [0.05, 0.1) is 12.6 Å². The number of amides is 2. The number of nitrogens with zero attached hydrogens (tertiary/aromatic N) is 1. The number of aromatic nitrogens is 1. The number of carboxylic acid groups (broad SMARTS) is 1. The van der Waals surface area contributed by atoms with Crippen molar-refractivity contribution >= 4 is 29.4 Å². The zero-order valence-electron chi connectivity index (χ0n) is 18.5. The number of aromatic hydroxyl groups is 2. The van der Waals surface area contributed by atoms with Crippen molar-refractivity contribution in [2.75, 3.05) is 6.54 Å². The highest BCUT2D eigenvalue weighted by molar-refractivity contribution is 6.31. The summed E-state index contributed by atoms with van der Waals surface area (Å²) in [4.78, 5) is 49.8. The van der Waals surface area contributed by atoms with Gasteiger partial charge in [-0.1, -0.05) is 60.1 Å². The van der Waals surface area contributed by atoms with Gasteiger partial charge < -0.3 is 26.0 Å². The van der Waals surface area contributed by atoms with E-state index in [9.17, 15) is 29.4 Å². The average Bonchev–Trinajstić information content (AvgIpc) is 2.82. The summed E-state index contributed by atoms with van der Waals surface area (Å²) in [7, 11) is 0. The number of benzene rings is 2. The van der Waals surface area contributed by atoms with Gasteiger partial charge in [-0.15, -0.1) is 0 Å². The minimum atomic E-state index is -1.38. The number of carboxylic acids is 1. The van der Waals surface area contributed by atoms with E-state index in [0.29, 0.717) is 10.1 Å². The van der Waals surface area contributed by atoms with Crippen LogP contribution in [-0.4, -0.2) is 44.2 Å². The predicted octanol–water partition coefficient (Wildman–Crippen LogP) is 2.27. The molecule has 1 heterocycles. The summed E-state index contributed by atoms with van der Waals surface area (Å²) in [6, 6.07) is 14.7. The second kappa shape index (κ2) is 10.7. The van der Waals surface area contributed by atoms with Crippen LogP contribution in [0.15, 0.2) is 59.4 Å². The Labute approximate surface area is 204 Å². The Kier molecular flexibility index (Phi) is 7.77. The predicted molar refractivity (Wildman–Crippen MR) is 127 cm³/mol. The fraction of sp³-hybridized carbons (Fsp3) is 0.167. The van der Waals surface area contributed by atoms with Crippen LogP contribution in [0.25, 0.3) is 0 Å². The summed E-state index contributed by atoms with van der Waals surface area (Å²) in [6.07, 6.45) is 0. The number of nitrogens with one attached hydrogen (secondary N) is 2. The number of hydrogen-bond donors (Lipinski definition) is 5. The monoisotopic (exact) mass is 499 g/mol. The zero-order valence-corrected chi connectivity index (χ0v) is 19.2. The summed E-state index contributed by atoms with van der Waals surface area (Å²) in [6.45, 7) is 0.500. The summed E-state index contributed by atoms with van der Waals surface area (Å²) in [5.41, 5.74) is -1.59. The molecule has 10 nitrogen and oxygen atoms in total. The van der Waals surface area contributed by atoms with E-state index < -0.39 is 58.7 Å². The first kappa shape index (κ1) is 25.3. The lowest BCUT2D eigenvalue weighted by atomic mass is 10.1. The number of hydrogen-bond acceptors (Lipinski definition) is 6. The molecule has 0 aliphatic carbocycles. The Morgan fingerprint density at radius 2 is 1.60 bits per heavy atom. The molecule has 11 heteroatoms. The highest BCUT2D eigenvalue weighted by Gasteiger charge is 2.30. The molecule has 1 aromatic heterocycles. The number of aliphatic carboxylic acids is 1. The maximum atomic E-state index is 13.2. The number of carbonyl (C=O) groups excluding carboxylic acids is 2. The van der Waals surface area contributed by atoms with Gasteiger partial charge in [-0.2, -0.15) is 0 Å². The number of pyridine rings is 1. The summed E-state index contributed by atoms with van der Waals surface area (Å²) < 4.78 is 0.707. The maximum Gasteiger partial charge on any atom is 0.322 e. The minimum absolute atomic E-state index is 0.257. The summed E-state index contributed by atoms with van der Waals surface area (Å²) in [5, 5.41) is 35.1. The maximum absolute atomic E-state index is 13.2. The van der Waals surface area contributed by atoms with Crippen LogP contribution in [0.4, 0.5) is 0 Å². The lowest BCUT2D eigenvalue weighted by Crippen LogP contribution is -2.37. The third-order valence-corrected chi connectivity index (χ3v) is 5.57. The molecule has 0 radical (unpaired) electrons. The molecule has 3 rings (SSSR count). The molecular formula is C24H22ClN3O7. The van der Waals surface area contributed by atoms with Crippen molar-refractivity contribution in [2.24, 2.45) is 0 Å². The van der Waals surface area contributed by atoms with Gasteiger partial charge in [0.15, 0.2) is 5.75 Å². The van der Waals surface area contributed by atoms with Gasteiger partial charge in [-0.05, 0) is 24.1 Å².